The standard InChI is InChI=1S/C34H44ClN3O8S2/c1-24-21-38(25(2)23-39)34(40)31-20-28(36-47(41,42)29-16-13-27(35)14-17-29)15-18-32(31)46-26(3)10-8-9-19-45-33(24)22-37(4)48(43,44)30-11-6-5-7-12-30/h5-7,11-18,20,24-26,33,36,39H,8-10,19,21-23H2,1-4H3/t24-,25-,26+,33+/m1/s1. The number of fused-ring (bicyclic) bond motifs is 1. The van der Waals surface area contributed by atoms with Crippen LogP contribution >= 0.6 is 11.6 Å². The predicted molar refractivity (Wildman–Crippen MR) is 185 cm³/mol. The van der Waals surface area contributed by atoms with Gasteiger partial charge in [-0.3, -0.25) is 9.52 Å². The molecule has 0 aliphatic carbocycles. The summed E-state index contributed by atoms with van der Waals surface area (Å²) in [7, 11) is -6.31. The molecule has 3 aromatic carbocycles. The second-order valence-corrected chi connectivity index (χ2v) is 16.3. The van der Waals surface area contributed by atoms with Crippen LogP contribution in [0.4, 0.5) is 5.69 Å². The van der Waals surface area contributed by atoms with E-state index in [1.807, 2.05) is 13.8 Å². The first kappa shape index (κ1) is 37.6. The van der Waals surface area contributed by atoms with Crippen molar-refractivity contribution in [2.45, 2.75) is 68.1 Å². The van der Waals surface area contributed by atoms with E-state index in [0.717, 1.165) is 6.42 Å². The lowest BCUT2D eigenvalue weighted by molar-refractivity contribution is -0.00833. The number of likely N-dealkylation sites (N-methyl/N-ethyl adjacent to an activating group) is 1. The van der Waals surface area contributed by atoms with E-state index in [1.165, 1.54) is 64.8 Å². The molecule has 14 heteroatoms. The van der Waals surface area contributed by atoms with Gasteiger partial charge in [0.15, 0.2) is 0 Å². The molecule has 0 radical (unpaired) electrons. The molecule has 262 valence electrons. The Labute approximate surface area is 288 Å². The number of aliphatic hydroxyl groups is 1. The minimum absolute atomic E-state index is 0.00201. The first-order chi connectivity index (χ1) is 22.7. The fourth-order valence-corrected chi connectivity index (χ4v) is 7.78. The summed E-state index contributed by atoms with van der Waals surface area (Å²) in [4.78, 5) is 16.0. The average molecular weight is 722 g/mol. The number of carbonyl (C=O) groups is 1. The molecule has 1 heterocycles. The number of amides is 1. The highest BCUT2D eigenvalue weighted by molar-refractivity contribution is 7.92. The lowest BCUT2D eigenvalue weighted by atomic mass is 10.0. The number of halogens is 1. The summed E-state index contributed by atoms with van der Waals surface area (Å²) in [6.45, 7) is 5.66. The van der Waals surface area contributed by atoms with E-state index in [4.69, 9.17) is 21.1 Å². The zero-order valence-electron chi connectivity index (χ0n) is 27.6. The summed E-state index contributed by atoms with van der Waals surface area (Å²) < 4.78 is 69.4. The van der Waals surface area contributed by atoms with Crippen LogP contribution in [0, 0.1) is 5.92 Å². The quantitative estimate of drug-likeness (QED) is 0.305. The van der Waals surface area contributed by atoms with E-state index in [2.05, 4.69) is 4.72 Å². The third kappa shape index (κ3) is 9.48. The van der Waals surface area contributed by atoms with Crippen molar-refractivity contribution in [3.8, 4) is 5.75 Å². The van der Waals surface area contributed by atoms with E-state index in [9.17, 15) is 26.7 Å². The van der Waals surface area contributed by atoms with Crippen LogP contribution < -0.4 is 9.46 Å². The Kier molecular flexibility index (Phi) is 12.9. The zero-order chi connectivity index (χ0) is 35.1. The van der Waals surface area contributed by atoms with Crippen molar-refractivity contribution in [1.82, 2.24) is 9.21 Å². The minimum Gasteiger partial charge on any atom is -0.490 e. The van der Waals surface area contributed by atoms with E-state index >= 15 is 0 Å². The smallest absolute Gasteiger partial charge is 0.261 e. The molecule has 1 aliphatic heterocycles. The van der Waals surface area contributed by atoms with E-state index < -0.39 is 38.1 Å². The fraction of sp³-hybridized carbons (Fsp3) is 0.441. The summed E-state index contributed by atoms with van der Waals surface area (Å²) in [5.41, 5.74) is 0.261. The molecule has 0 aromatic heterocycles. The van der Waals surface area contributed by atoms with Gasteiger partial charge in [0.25, 0.3) is 15.9 Å². The number of rotatable bonds is 9. The van der Waals surface area contributed by atoms with Gasteiger partial charge in [-0.15, -0.1) is 0 Å². The number of nitrogens with one attached hydrogen (secondary N) is 1. The lowest BCUT2D eigenvalue weighted by Gasteiger charge is -2.35. The Bertz CT molecular complexity index is 1740. The molecule has 48 heavy (non-hydrogen) atoms. The van der Waals surface area contributed by atoms with Gasteiger partial charge in [0.05, 0.1) is 40.2 Å². The monoisotopic (exact) mass is 721 g/mol. The Morgan fingerprint density at radius 1 is 1.00 bits per heavy atom. The highest BCUT2D eigenvalue weighted by Gasteiger charge is 2.32. The number of hydrogen-bond donors (Lipinski definition) is 2. The summed E-state index contributed by atoms with van der Waals surface area (Å²) in [6.07, 6.45) is 1.26. The maximum absolute atomic E-state index is 14.4. The van der Waals surface area contributed by atoms with Crippen LogP contribution in [0.5, 0.6) is 5.75 Å². The largest absolute Gasteiger partial charge is 0.490 e. The van der Waals surface area contributed by atoms with Crippen LogP contribution in [0.15, 0.2) is 82.6 Å². The summed E-state index contributed by atoms with van der Waals surface area (Å²) >= 11 is 5.94. The number of carbonyl (C=O) groups excluding carboxylic acids is 1. The van der Waals surface area contributed by atoms with Crippen LogP contribution in [0.3, 0.4) is 0 Å². The predicted octanol–water partition coefficient (Wildman–Crippen LogP) is 5.26. The maximum Gasteiger partial charge on any atom is 0.261 e. The van der Waals surface area contributed by atoms with Crippen molar-refractivity contribution in [1.29, 1.82) is 0 Å². The van der Waals surface area contributed by atoms with Crippen molar-refractivity contribution < 1.29 is 36.2 Å². The van der Waals surface area contributed by atoms with Gasteiger partial charge in [-0.05, 0) is 87.7 Å². The number of ether oxygens (including phenoxy) is 2. The van der Waals surface area contributed by atoms with Crippen molar-refractivity contribution >= 4 is 43.2 Å². The first-order valence-electron chi connectivity index (χ1n) is 15.9. The Balaban J connectivity index is 1.68. The van der Waals surface area contributed by atoms with Crippen molar-refractivity contribution in [3.05, 3.63) is 83.4 Å². The lowest BCUT2D eigenvalue weighted by Crippen LogP contribution is -2.48. The summed E-state index contributed by atoms with van der Waals surface area (Å²) in [6, 6.07) is 17.7. The molecule has 2 N–H and O–H groups in total. The minimum atomic E-state index is -4.01. The van der Waals surface area contributed by atoms with Gasteiger partial charge in [0.2, 0.25) is 10.0 Å². The molecule has 0 saturated heterocycles. The van der Waals surface area contributed by atoms with E-state index in [1.54, 1.807) is 31.2 Å². The average Bonchev–Trinajstić information content (AvgIpc) is 3.06. The molecule has 4 rings (SSSR count). The third-order valence-electron chi connectivity index (χ3n) is 8.32. The number of nitrogens with zero attached hydrogens (tertiary/aromatic N) is 2. The van der Waals surface area contributed by atoms with Gasteiger partial charge in [-0.2, -0.15) is 4.31 Å². The van der Waals surface area contributed by atoms with Crippen LogP contribution in [0.1, 0.15) is 50.4 Å². The second kappa shape index (κ2) is 16.5. The van der Waals surface area contributed by atoms with Crippen LogP contribution in [0.25, 0.3) is 0 Å². The number of sulfonamides is 2. The summed E-state index contributed by atoms with van der Waals surface area (Å²) in [5, 5.41) is 10.6. The topological polar surface area (TPSA) is 143 Å². The van der Waals surface area contributed by atoms with Gasteiger partial charge >= 0.3 is 0 Å². The van der Waals surface area contributed by atoms with Gasteiger partial charge < -0.3 is 19.5 Å². The molecule has 0 saturated carbocycles. The van der Waals surface area contributed by atoms with Crippen LogP contribution in [-0.4, -0.2) is 88.7 Å². The first-order valence-corrected chi connectivity index (χ1v) is 19.2. The molecule has 0 bridgehead atoms. The van der Waals surface area contributed by atoms with Gasteiger partial charge in [-0.25, -0.2) is 16.8 Å². The number of anilines is 1. The fourth-order valence-electron chi connectivity index (χ4n) is 5.40. The molecule has 0 spiro atoms. The zero-order valence-corrected chi connectivity index (χ0v) is 30.0. The Morgan fingerprint density at radius 3 is 2.35 bits per heavy atom. The van der Waals surface area contributed by atoms with Crippen molar-refractivity contribution in [2.75, 3.05) is 38.1 Å². The Morgan fingerprint density at radius 2 is 1.69 bits per heavy atom. The maximum atomic E-state index is 14.4. The SMILES string of the molecule is C[C@@H]1CN([C@H](C)CO)C(=O)c2cc(NS(=O)(=O)c3ccc(Cl)cc3)ccc2O[C@@H](C)CCCCO[C@H]1CN(C)S(=O)(=O)c1ccccc1. The summed E-state index contributed by atoms with van der Waals surface area (Å²) in [5.74, 6) is -0.573. The van der Waals surface area contributed by atoms with Gasteiger partial charge in [0, 0.05) is 43.4 Å². The van der Waals surface area contributed by atoms with Gasteiger partial charge in [-0.1, -0.05) is 36.7 Å². The molecule has 11 nitrogen and oxygen atoms in total. The van der Waals surface area contributed by atoms with Crippen molar-refractivity contribution in [2.24, 2.45) is 5.92 Å². The van der Waals surface area contributed by atoms with Crippen LogP contribution in [0.2, 0.25) is 5.02 Å². The molecule has 1 amide bonds. The molecule has 0 fully saturated rings. The number of hydrogen-bond acceptors (Lipinski definition) is 8. The highest BCUT2D eigenvalue weighted by Crippen LogP contribution is 2.30. The third-order valence-corrected chi connectivity index (χ3v) is 11.8. The number of aliphatic hydroxyl groups excluding tert-OH is 1. The molecular weight excluding hydrogens is 678 g/mol. The number of benzene rings is 3. The van der Waals surface area contributed by atoms with E-state index in [-0.39, 0.29) is 58.5 Å². The Hall–Kier alpha value is -3.20. The van der Waals surface area contributed by atoms with Crippen LogP contribution in [-0.2, 0) is 24.8 Å². The molecule has 1 aliphatic rings. The second-order valence-electron chi connectivity index (χ2n) is 12.2. The van der Waals surface area contributed by atoms with E-state index in [0.29, 0.717) is 24.5 Å². The normalized spacial score (nSPS) is 20.8. The molecule has 0 unspecified atom stereocenters. The van der Waals surface area contributed by atoms with Crippen molar-refractivity contribution in [3.63, 3.8) is 0 Å². The van der Waals surface area contributed by atoms with Gasteiger partial charge in [0.1, 0.15) is 5.75 Å². The highest BCUT2D eigenvalue weighted by atomic mass is 35.5. The molecule has 4 atom stereocenters. The molecule has 3 aromatic rings. The molecular formula is C34H44ClN3O8S2.